The van der Waals surface area contributed by atoms with E-state index in [1.165, 1.54) is 25.7 Å². The molecule has 0 radical (unpaired) electrons. The first-order valence-electron chi connectivity index (χ1n) is 6.84. The summed E-state index contributed by atoms with van der Waals surface area (Å²) in [7, 11) is 0. The molecule has 2 rings (SSSR count). The third kappa shape index (κ3) is 4.18. The number of benzene rings is 1. The first-order valence-corrected chi connectivity index (χ1v) is 8.71. The highest BCUT2D eigenvalue weighted by Crippen LogP contribution is 2.24. The molecule has 1 fully saturated rings. The van der Waals surface area contributed by atoms with Crippen LogP contribution in [0.15, 0.2) is 22.7 Å². The molecule has 0 aromatic heterocycles. The Hall–Kier alpha value is -0.100. The van der Waals surface area contributed by atoms with Crippen molar-refractivity contribution in [1.82, 2.24) is 5.32 Å². The lowest BCUT2D eigenvalue weighted by molar-refractivity contribution is 0.0920. The molecule has 2 unspecified atom stereocenters. The van der Waals surface area contributed by atoms with Crippen molar-refractivity contribution in [1.29, 1.82) is 0 Å². The predicted molar refractivity (Wildman–Crippen MR) is 90.4 cm³/mol. The highest BCUT2D eigenvalue weighted by atomic mass is 127. The summed E-state index contributed by atoms with van der Waals surface area (Å²) >= 11 is 5.70. The molecule has 1 N–H and O–H groups in total. The Kier molecular flexibility index (Phi) is 5.69. The Balaban J connectivity index is 2.09. The Bertz CT molecular complexity index is 463. The third-order valence-corrected chi connectivity index (χ3v) is 5.21. The Morgan fingerprint density at radius 1 is 1.32 bits per heavy atom. The van der Waals surface area contributed by atoms with Crippen molar-refractivity contribution in [3.8, 4) is 0 Å². The van der Waals surface area contributed by atoms with Crippen LogP contribution in [0.2, 0.25) is 0 Å². The van der Waals surface area contributed by atoms with Crippen molar-refractivity contribution >= 4 is 44.4 Å². The molecule has 1 aliphatic carbocycles. The molecule has 1 aliphatic rings. The number of carbonyl (C=O) groups is 1. The maximum absolute atomic E-state index is 12.4. The van der Waals surface area contributed by atoms with Crippen LogP contribution >= 0.6 is 38.5 Å². The van der Waals surface area contributed by atoms with E-state index in [0.29, 0.717) is 12.0 Å². The summed E-state index contributed by atoms with van der Waals surface area (Å²) in [5.74, 6) is 0.622. The summed E-state index contributed by atoms with van der Waals surface area (Å²) < 4.78 is 1.95. The van der Waals surface area contributed by atoms with Crippen LogP contribution in [0.5, 0.6) is 0 Å². The smallest absolute Gasteiger partial charge is 0.252 e. The van der Waals surface area contributed by atoms with Crippen LogP contribution in [0.25, 0.3) is 0 Å². The van der Waals surface area contributed by atoms with Gasteiger partial charge in [0, 0.05) is 14.1 Å². The minimum atomic E-state index is 0.0455. The normalized spacial score (nSPS) is 23.7. The molecule has 0 aliphatic heterocycles. The van der Waals surface area contributed by atoms with Gasteiger partial charge in [0.1, 0.15) is 0 Å². The van der Waals surface area contributed by atoms with Gasteiger partial charge < -0.3 is 5.32 Å². The molecule has 104 valence electrons. The van der Waals surface area contributed by atoms with Crippen molar-refractivity contribution in [2.75, 3.05) is 0 Å². The van der Waals surface area contributed by atoms with Gasteiger partial charge in [-0.2, -0.15) is 0 Å². The fourth-order valence-corrected chi connectivity index (χ4v) is 3.54. The highest BCUT2D eigenvalue weighted by Gasteiger charge is 2.22. The molecule has 1 aromatic rings. The van der Waals surface area contributed by atoms with Gasteiger partial charge in [-0.15, -0.1) is 0 Å². The van der Waals surface area contributed by atoms with Gasteiger partial charge in [0.25, 0.3) is 5.91 Å². The number of rotatable bonds is 2. The number of nitrogens with one attached hydrogen (secondary N) is 1. The van der Waals surface area contributed by atoms with Gasteiger partial charge in [0.05, 0.1) is 5.56 Å². The van der Waals surface area contributed by atoms with Crippen molar-refractivity contribution in [3.05, 3.63) is 31.8 Å². The maximum atomic E-state index is 12.4. The quantitative estimate of drug-likeness (QED) is 0.527. The molecule has 1 aromatic carbocycles. The fraction of sp³-hybridized carbons (Fsp3) is 0.533. The van der Waals surface area contributed by atoms with E-state index >= 15 is 0 Å². The molecule has 4 heteroatoms. The first-order chi connectivity index (χ1) is 9.08. The SMILES string of the molecule is CC1CCCCCC1NC(=O)c1cc(I)ccc1Br. The molecular formula is C15H19BrINO. The first kappa shape index (κ1) is 15.3. The van der Waals surface area contributed by atoms with Crippen molar-refractivity contribution in [2.24, 2.45) is 5.92 Å². The van der Waals surface area contributed by atoms with E-state index in [1.54, 1.807) is 0 Å². The Morgan fingerprint density at radius 3 is 2.84 bits per heavy atom. The highest BCUT2D eigenvalue weighted by molar-refractivity contribution is 14.1. The number of amides is 1. The van der Waals surface area contributed by atoms with Crippen molar-refractivity contribution < 1.29 is 4.79 Å². The molecule has 0 bridgehead atoms. The second kappa shape index (κ2) is 7.07. The van der Waals surface area contributed by atoms with E-state index in [1.807, 2.05) is 18.2 Å². The largest absolute Gasteiger partial charge is 0.349 e. The monoisotopic (exact) mass is 435 g/mol. The number of hydrogen-bond acceptors (Lipinski definition) is 1. The topological polar surface area (TPSA) is 29.1 Å². The molecule has 2 atom stereocenters. The predicted octanol–water partition coefficient (Wildman–Crippen LogP) is 4.75. The van der Waals surface area contributed by atoms with Crippen LogP contribution in [0.4, 0.5) is 0 Å². The molecule has 2 nitrogen and oxygen atoms in total. The van der Waals surface area contributed by atoms with Crippen LogP contribution < -0.4 is 5.32 Å². The van der Waals surface area contributed by atoms with Crippen molar-refractivity contribution in [3.63, 3.8) is 0 Å². The van der Waals surface area contributed by atoms with E-state index in [2.05, 4.69) is 50.8 Å². The zero-order chi connectivity index (χ0) is 13.8. The average Bonchev–Trinajstić information content (AvgIpc) is 2.58. The van der Waals surface area contributed by atoms with E-state index in [0.717, 1.165) is 20.0 Å². The zero-order valence-corrected chi connectivity index (χ0v) is 14.8. The molecule has 19 heavy (non-hydrogen) atoms. The minimum Gasteiger partial charge on any atom is -0.349 e. The summed E-state index contributed by atoms with van der Waals surface area (Å²) in [6, 6.07) is 6.18. The van der Waals surface area contributed by atoms with Gasteiger partial charge in [0.2, 0.25) is 0 Å². The van der Waals surface area contributed by atoms with Crippen LogP contribution in [0.1, 0.15) is 49.4 Å². The molecular weight excluding hydrogens is 417 g/mol. The van der Waals surface area contributed by atoms with Gasteiger partial charge in [-0.25, -0.2) is 0 Å². The maximum Gasteiger partial charge on any atom is 0.252 e. The summed E-state index contributed by atoms with van der Waals surface area (Å²) in [5, 5.41) is 3.22. The summed E-state index contributed by atoms with van der Waals surface area (Å²) in [4.78, 5) is 12.4. The lowest BCUT2D eigenvalue weighted by atomic mass is 9.96. The molecule has 0 heterocycles. The summed E-state index contributed by atoms with van der Waals surface area (Å²) in [5.41, 5.74) is 0.739. The lowest BCUT2D eigenvalue weighted by Crippen LogP contribution is -2.39. The van der Waals surface area contributed by atoms with Crippen LogP contribution in [0, 0.1) is 9.49 Å². The van der Waals surface area contributed by atoms with Crippen LogP contribution in [-0.2, 0) is 0 Å². The van der Waals surface area contributed by atoms with E-state index < -0.39 is 0 Å². The van der Waals surface area contributed by atoms with Gasteiger partial charge in [-0.05, 0) is 75.5 Å². The second-order valence-corrected chi connectivity index (χ2v) is 7.42. The number of carbonyl (C=O) groups excluding carboxylic acids is 1. The summed E-state index contributed by atoms with van der Waals surface area (Å²) in [6.07, 6.45) is 6.14. The Labute approximate surface area is 137 Å². The van der Waals surface area contributed by atoms with Crippen LogP contribution in [0.3, 0.4) is 0 Å². The number of halogens is 2. The van der Waals surface area contributed by atoms with Gasteiger partial charge in [-0.1, -0.05) is 26.2 Å². The second-order valence-electron chi connectivity index (χ2n) is 5.32. The van der Waals surface area contributed by atoms with Crippen LogP contribution in [-0.4, -0.2) is 11.9 Å². The van der Waals surface area contributed by atoms with E-state index in [4.69, 9.17) is 0 Å². The van der Waals surface area contributed by atoms with Crippen molar-refractivity contribution in [2.45, 2.75) is 45.1 Å². The average molecular weight is 436 g/mol. The molecule has 0 spiro atoms. The molecule has 1 saturated carbocycles. The zero-order valence-electron chi connectivity index (χ0n) is 11.1. The lowest BCUT2D eigenvalue weighted by Gasteiger charge is -2.23. The fourth-order valence-electron chi connectivity index (χ4n) is 2.63. The summed E-state index contributed by atoms with van der Waals surface area (Å²) in [6.45, 7) is 2.25. The van der Waals surface area contributed by atoms with E-state index in [9.17, 15) is 4.79 Å². The third-order valence-electron chi connectivity index (χ3n) is 3.85. The Morgan fingerprint density at radius 2 is 2.05 bits per heavy atom. The molecule has 0 saturated heterocycles. The van der Waals surface area contributed by atoms with Gasteiger partial charge >= 0.3 is 0 Å². The minimum absolute atomic E-state index is 0.0455. The van der Waals surface area contributed by atoms with E-state index in [-0.39, 0.29) is 5.91 Å². The van der Waals surface area contributed by atoms with Gasteiger partial charge in [-0.3, -0.25) is 4.79 Å². The standard InChI is InChI=1S/C15H19BrINO/c1-10-5-3-2-4-6-14(10)18-15(19)12-9-11(17)7-8-13(12)16/h7-10,14H,2-6H2,1H3,(H,18,19). The molecule has 1 amide bonds. The number of hydrogen-bond donors (Lipinski definition) is 1. The van der Waals surface area contributed by atoms with Gasteiger partial charge in [0.15, 0.2) is 0 Å².